The molecule has 0 aliphatic carbocycles. The molecule has 0 saturated carbocycles. The normalized spacial score (nSPS) is 10.1. The van der Waals surface area contributed by atoms with E-state index in [1.165, 1.54) is 6.07 Å². The summed E-state index contributed by atoms with van der Waals surface area (Å²) >= 11 is 3.28. The van der Waals surface area contributed by atoms with Crippen LogP contribution in [-0.2, 0) is 0 Å². The number of nitrogens with one attached hydrogen (secondary N) is 2. The van der Waals surface area contributed by atoms with Crippen molar-refractivity contribution in [1.82, 2.24) is 4.98 Å². The summed E-state index contributed by atoms with van der Waals surface area (Å²) in [6, 6.07) is 8.17. The zero-order valence-electron chi connectivity index (χ0n) is 8.74. The predicted molar refractivity (Wildman–Crippen MR) is 69.4 cm³/mol. The maximum Gasteiger partial charge on any atom is 0.147 e. The number of nitrogens with zero attached hydrogens (tertiary/aromatic N) is 1. The molecule has 0 amide bonds. The SMILES string of the molecule is NNc1cc(Nc2c(F)cccc2Br)ccn1. The topological polar surface area (TPSA) is 63.0 Å². The second-order valence-electron chi connectivity index (χ2n) is 3.30. The van der Waals surface area contributed by atoms with Crippen LogP contribution in [0.1, 0.15) is 0 Å². The fraction of sp³-hybridized carbons (Fsp3) is 0. The summed E-state index contributed by atoms with van der Waals surface area (Å²) in [5.74, 6) is 5.42. The largest absolute Gasteiger partial charge is 0.352 e. The molecule has 0 saturated heterocycles. The molecule has 17 heavy (non-hydrogen) atoms. The Morgan fingerprint density at radius 1 is 1.29 bits per heavy atom. The van der Waals surface area contributed by atoms with E-state index < -0.39 is 0 Å². The second-order valence-corrected chi connectivity index (χ2v) is 4.15. The predicted octanol–water partition coefficient (Wildman–Crippen LogP) is 3.01. The van der Waals surface area contributed by atoms with Gasteiger partial charge in [-0.15, -0.1) is 0 Å². The van der Waals surface area contributed by atoms with Gasteiger partial charge in [-0.1, -0.05) is 6.07 Å². The minimum Gasteiger partial charge on any atom is -0.352 e. The Kier molecular flexibility index (Phi) is 3.55. The Labute approximate surface area is 106 Å². The van der Waals surface area contributed by atoms with Gasteiger partial charge in [0.25, 0.3) is 0 Å². The van der Waals surface area contributed by atoms with Crippen LogP contribution >= 0.6 is 15.9 Å². The number of hydrazine groups is 1. The van der Waals surface area contributed by atoms with Gasteiger partial charge in [-0.25, -0.2) is 15.2 Å². The van der Waals surface area contributed by atoms with E-state index in [1.54, 1.807) is 30.5 Å². The Morgan fingerprint density at radius 2 is 2.12 bits per heavy atom. The molecule has 1 aromatic heterocycles. The van der Waals surface area contributed by atoms with E-state index in [4.69, 9.17) is 5.84 Å². The van der Waals surface area contributed by atoms with Crippen molar-refractivity contribution in [2.75, 3.05) is 10.7 Å². The van der Waals surface area contributed by atoms with Crippen molar-refractivity contribution in [3.63, 3.8) is 0 Å². The number of aromatic nitrogens is 1. The van der Waals surface area contributed by atoms with Crippen LogP contribution in [0.3, 0.4) is 0 Å². The molecule has 4 nitrogen and oxygen atoms in total. The lowest BCUT2D eigenvalue weighted by Crippen LogP contribution is -2.08. The molecule has 0 atom stereocenters. The summed E-state index contributed by atoms with van der Waals surface area (Å²) in [6.07, 6.45) is 1.58. The quantitative estimate of drug-likeness (QED) is 0.602. The number of hydrogen-bond acceptors (Lipinski definition) is 4. The van der Waals surface area contributed by atoms with Crippen LogP contribution in [0.5, 0.6) is 0 Å². The lowest BCUT2D eigenvalue weighted by atomic mass is 10.3. The molecule has 2 aromatic rings. The van der Waals surface area contributed by atoms with Crippen molar-refractivity contribution in [2.24, 2.45) is 5.84 Å². The Hall–Kier alpha value is -1.66. The first kappa shape index (κ1) is 11.8. The first-order valence-corrected chi connectivity index (χ1v) is 5.63. The summed E-state index contributed by atoms with van der Waals surface area (Å²) in [5.41, 5.74) is 3.50. The van der Waals surface area contributed by atoms with Crippen LogP contribution in [0, 0.1) is 5.82 Å². The highest BCUT2D eigenvalue weighted by Gasteiger charge is 2.06. The number of pyridine rings is 1. The summed E-state index contributed by atoms with van der Waals surface area (Å²) in [7, 11) is 0. The van der Waals surface area contributed by atoms with Gasteiger partial charge in [-0.05, 0) is 34.1 Å². The third-order valence-corrected chi connectivity index (χ3v) is 2.80. The molecule has 0 spiro atoms. The highest BCUT2D eigenvalue weighted by Crippen LogP contribution is 2.28. The van der Waals surface area contributed by atoms with Gasteiger partial charge < -0.3 is 10.7 Å². The smallest absolute Gasteiger partial charge is 0.147 e. The molecular weight excluding hydrogens is 287 g/mol. The van der Waals surface area contributed by atoms with Gasteiger partial charge in [0.2, 0.25) is 0 Å². The first-order valence-electron chi connectivity index (χ1n) is 4.84. The van der Waals surface area contributed by atoms with Crippen LogP contribution in [0.15, 0.2) is 41.0 Å². The standard InChI is InChI=1S/C11H10BrFN4/c12-8-2-1-3-9(13)11(8)16-7-4-5-15-10(6-7)17-14/h1-6H,14H2,(H2,15,16,17). The maximum atomic E-state index is 13.6. The fourth-order valence-electron chi connectivity index (χ4n) is 1.35. The molecule has 0 bridgehead atoms. The van der Waals surface area contributed by atoms with Crippen LogP contribution in [-0.4, -0.2) is 4.98 Å². The van der Waals surface area contributed by atoms with Crippen molar-refractivity contribution in [1.29, 1.82) is 0 Å². The number of rotatable bonds is 3. The second kappa shape index (κ2) is 5.11. The number of benzene rings is 1. The summed E-state index contributed by atoms with van der Waals surface area (Å²) in [6.45, 7) is 0. The molecule has 88 valence electrons. The summed E-state index contributed by atoms with van der Waals surface area (Å²) in [4.78, 5) is 3.96. The van der Waals surface area contributed by atoms with Gasteiger partial charge in [0.15, 0.2) is 0 Å². The van der Waals surface area contributed by atoms with E-state index in [1.807, 2.05) is 0 Å². The van der Waals surface area contributed by atoms with Crippen LogP contribution in [0.4, 0.5) is 21.6 Å². The van der Waals surface area contributed by atoms with E-state index in [0.717, 1.165) is 0 Å². The zero-order chi connectivity index (χ0) is 12.3. The minimum atomic E-state index is -0.335. The molecule has 0 aliphatic heterocycles. The molecule has 0 fully saturated rings. The monoisotopic (exact) mass is 296 g/mol. The molecule has 0 aliphatic rings. The van der Waals surface area contributed by atoms with Gasteiger partial charge in [-0.2, -0.15) is 0 Å². The van der Waals surface area contributed by atoms with Gasteiger partial charge in [0, 0.05) is 22.4 Å². The lowest BCUT2D eigenvalue weighted by molar-refractivity contribution is 0.631. The molecule has 1 aromatic carbocycles. The molecule has 4 N–H and O–H groups in total. The molecule has 1 heterocycles. The first-order chi connectivity index (χ1) is 8.20. The maximum absolute atomic E-state index is 13.6. The highest BCUT2D eigenvalue weighted by molar-refractivity contribution is 9.10. The number of hydrogen-bond donors (Lipinski definition) is 3. The lowest BCUT2D eigenvalue weighted by Gasteiger charge is -2.10. The molecule has 0 radical (unpaired) electrons. The van der Waals surface area contributed by atoms with Gasteiger partial charge >= 0.3 is 0 Å². The van der Waals surface area contributed by atoms with Gasteiger partial charge in [0.05, 0.1) is 5.69 Å². The highest BCUT2D eigenvalue weighted by atomic mass is 79.9. The zero-order valence-corrected chi connectivity index (χ0v) is 10.3. The molecule has 0 unspecified atom stereocenters. The third kappa shape index (κ3) is 2.72. The van der Waals surface area contributed by atoms with Crippen molar-refractivity contribution >= 4 is 33.1 Å². The molecule has 6 heteroatoms. The summed E-state index contributed by atoms with van der Waals surface area (Å²) < 4.78 is 14.2. The minimum absolute atomic E-state index is 0.335. The number of para-hydroxylation sites is 1. The Morgan fingerprint density at radius 3 is 2.82 bits per heavy atom. The number of nitrogen functional groups attached to an aromatic ring is 1. The van der Waals surface area contributed by atoms with Crippen molar-refractivity contribution in [3.8, 4) is 0 Å². The van der Waals surface area contributed by atoms with E-state index in [9.17, 15) is 4.39 Å². The average molecular weight is 297 g/mol. The van der Waals surface area contributed by atoms with E-state index in [0.29, 0.717) is 21.7 Å². The van der Waals surface area contributed by atoms with Crippen molar-refractivity contribution in [2.45, 2.75) is 0 Å². The molecular formula is C11H10BrFN4. The van der Waals surface area contributed by atoms with Gasteiger partial charge in [0.1, 0.15) is 11.6 Å². The summed E-state index contributed by atoms with van der Waals surface area (Å²) in [5, 5.41) is 2.96. The van der Waals surface area contributed by atoms with E-state index in [2.05, 4.69) is 31.7 Å². The van der Waals surface area contributed by atoms with Crippen LogP contribution in [0.25, 0.3) is 0 Å². The van der Waals surface area contributed by atoms with Crippen LogP contribution in [0.2, 0.25) is 0 Å². The van der Waals surface area contributed by atoms with E-state index >= 15 is 0 Å². The molecule has 2 rings (SSSR count). The number of nitrogens with two attached hydrogens (primary N) is 1. The van der Waals surface area contributed by atoms with Gasteiger partial charge in [-0.3, -0.25) is 0 Å². The Balaban J connectivity index is 2.31. The number of halogens is 2. The number of anilines is 3. The Bertz CT molecular complexity index is 512. The van der Waals surface area contributed by atoms with Crippen LogP contribution < -0.4 is 16.6 Å². The van der Waals surface area contributed by atoms with E-state index in [-0.39, 0.29) is 5.82 Å². The van der Waals surface area contributed by atoms with Crippen molar-refractivity contribution in [3.05, 3.63) is 46.8 Å². The average Bonchev–Trinajstić information content (AvgIpc) is 2.34. The third-order valence-electron chi connectivity index (χ3n) is 2.14. The van der Waals surface area contributed by atoms with Crippen molar-refractivity contribution < 1.29 is 4.39 Å². The fourth-order valence-corrected chi connectivity index (χ4v) is 1.79.